The zero-order valence-corrected chi connectivity index (χ0v) is 33.0. The number of carbonyl (C=O) groups excluding carboxylic acids is 2. The summed E-state index contributed by atoms with van der Waals surface area (Å²) in [5.41, 5.74) is 2.87. The maximum atomic E-state index is 12.0. The van der Waals surface area contributed by atoms with Crippen LogP contribution in [0, 0.1) is 18.4 Å². The van der Waals surface area contributed by atoms with E-state index in [1.165, 1.54) is 30.6 Å². The fraction of sp³-hybridized carbons (Fsp3) is 0.488. The lowest BCUT2D eigenvalue weighted by atomic mass is 10.0. The fourth-order valence-corrected chi connectivity index (χ4v) is 6.80. The monoisotopic (exact) mass is 767 g/mol. The Morgan fingerprint density at radius 2 is 1.08 bits per heavy atom. The third-order valence-electron chi connectivity index (χ3n) is 8.19. The second-order valence-corrected chi connectivity index (χ2v) is 15.3. The third kappa shape index (κ3) is 18.7. The Kier molecular flexibility index (Phi) is 22.6. The number of halogens is 1. The molecule has 3 rings (SSSR count). The van der Waals surface area contributed by atoms with Crippen molar-refractivity contribution >= 4 is 57.1 Å². The first-order valence-corrected chi connectivity index (χ1v) is 20.5. The number of hydrogen-bond donors (Lipinski definition) is 0. The number of benzene rings is 3. The van der Waals surface area contributed by atoms with E-state index in [1.807, 2.05) is 36.4 Å². The van der Waals surface area contributed by atoms with Gasteiger partial charge in [-0.1, -0.05) is 119 Å². The molecule has 3 aromatic rings. The molecule has 49 heavy (non-hydrogen) atoms. The van der Waals surface area contributed by atoms with Crippen LogP contribution in [-0.2, 0) is 19.1 Å². The second kappa shape index (κ2) is 26.1. The van der Waals surface area contributed by atoms with Crippen LogP contribution in [-0.4, -0.2) is 36.7 Å². The van der Waals surface area contributed by atoms with Gasteiger partial charge in [0.25, 0.3) is 0 Å². The topological polar surface area (TPSA) is 57.0 Å². The van der Waals surface area contributed by atoms with Gasteiger partial charge in [-0.2, -0.15) is 0 Å². The first-order chi connectivity index (χ1) is 23.8. The molecule has 0 N–H and O–H groups in total. The van der Waals surface area contributed by atoms with Crippen molar-refractivity contribution in [1.82, 2.24) is 0 Å². The van der Waals surface area contributed by atoms with Gasteiger partial charge in [0.15, 0.2) is 5.69 Å². The molecular weight excluding hydrogens is 714 g/mol. The molecule has 3 aromatic carbocycles. The normalized spacial score (nSPS) is 11.8. The number of nitrogens with zero attached hydrogens (tertiary/aromatic N) is 1. The zero-order chi connectivity index (χ0) is 35.7. The summed E-state index contributed by atoms with van der Waals surface area (Å²) < 4.78 is 11.9. The van der Waals surface area contributed by atoms with Gasteiger partial charge >= 0.3 is 11.9 Å². The largest absolute Gasteiger partial charge is 0.465 e. The molecule has 0 aromatic heterocycles. The molecule has 5 nitrogen and oxygen atoms in total. The summed E-state index contributed by atoms with van der Waals surface area (Å²) in [7, 11) is 0. The maximum absolute atomic E-state index is 12.0. The van der Waals surface area contributed by atoms with Crippen molar-refractivity contribution < 1.29 is 19.1 Å². The number of rotatable bonds is 21. The van der Waals surface area contributed by atoms with E-state index in [0.717, 1.165) is 57.7 Å². The van der Waals surface area contributed by atoms with Crippen LogP contribution >= 0.6 is 39.5 Å². The molecule has 0 aliphatic heterocycles. The van der Waals surface area contributed by atoms with E-state index in [2.05, 4.69) is 84.9 Å². The quantitative estimate of drug-likeness (QED) is 0.0611. The van der Waals surface area contributed by atoms with Crippen LogP contribution < -0.4 is 0 Å². The first kappa shape index (κ1) is 42.4. The van der Waals surface area contributed by atoms with Crippen molar-refractivity contribution in [3.05, 3.63) is 88.7 Å². The lowest BCUT2D eigenvalue weighted by Crippen LogP contribution is -2.14. The standard InChI is InChI=1S/C24H29NO2S.C17H25BrO2S/c1-4-6-7-19(5-2)18-27-24(26)16-17-28-23-14-10-21(11-15-23)20-8-12-22(25-3)13-9-20;1-3-5-6-14(4-2)13-20-17(19)11-12-21-16-9-7-15(18)8-10-16/h8-15,19H,4-7,16-18H2,1-2H3;7-10,14H,3-6,11-13H2,1-2H3. The van der Waals surface area contributed by atoms with E-state index >= 15 is 0 Å². The van der Waals surface area contributed by atoms with E-state index in [0.29, 0.717) is 43.6 Å². The van der Waals surface area contributed by atoms with Gasteiger partial charge in [-0.05, 0) is 72.2 Å². The molecule has 0 aliphatic carbocycles. The molecule has 8 heteroatoms. The van der Waals surface area contributed by atoms with Gasteiger partial charge in [0.2, 0.25) is 0 Å². The Hall–Kier alpha value is -2.73. The highest BCUT2D eigenvalue weighted by atomic mass is 79.9. The molecule has 0 saturated carbocycles. The molecule has 266 valence electrons. The van der Waals surface area contributed by atoms with Crippen LogP contribution in [0.15, 0.2) is 87.1 Å². The van der Waals surface area contributed by atoms with Gasteiger partial charge in [-0.15, -0.1) is 23.5 Å². The van der Waals surface area contributed by atoms with Crippen molar-refractivity contribution in [1.29, 1.82) is 0 Å². The summed E-state index contributed by atoms with van der Waals surface area (Å²) in [6, 6.07) is 24.0. The molecule has 0 saturated heterocycles. The SMILES string of the molecule is CCCCC(CC)COC(=O)CCSc1ccc(Br)cc1.[C-]#[N+]c1ccc(-c2ccc(SCCC(=O)OCC(CC)CCCC)cc2)cc1. The summed E-state index contributed by atoms with van der Waals surface area (Å²) in [5, 5.41) is 0. The molecule has 0 amide bonds. The molecule has 2 unspecified atom stereocenters. The molecule has 0 fully saturated rings. The fourth-order valence-electron chi connectivity index (χ4n) is 4.87. The third-order valence-corrected chi connectivity index (χ3v) is 10.8. The summed E-state index contributed by atoms with van der Waals surface area (Å²) in [6.45, 7) is 16.9. The van der Waals surface area contributed by atoms with E-state index in [9.17, 15) is 9.59 Å². The minimum Gasteiger partial charge on any atom is -0.465 e. The molecule has 0 bridgehead atoms. The minimum atomic E-state index is -0.0982. The van der Waals surface area contributed by atoms with Gasteiger partial charge in [0.1, 0.15) is 0 Å². The average Bonchev–Trinajstić information content (AvgIpc) is 3.13. The van der Waals surface area contributed by atoms with Gasteiger partial charge in [0.05, 0.1) is 32.6 Å². The van der Waals surface area contributed by atoms with E-state index in [1.54, 1.807) is 23.5 Å². The number of unbranched alkanes of at least 4 members (excludes halogenated alkanes) is 2. The molecule has 0 heterocycles. The Labute approximate surface area is 312 Å². The average molecular weight is 769 g/mol. The molecule has 0 spiro atoms. The smallest absolute Gasteiger partial charge is 0.306 e. The highest BCUT2D eigenvalue weighted by Gasteiger charge is 2.11. The van der Waals surface area contributed by atoms with Gasteiger partial charge in [-0.3, -0.25) is 9.59 Å². The van der Waals surface area contributed by atoms with Crippen LogP contribution in [0.3, 0.4) is 0 Å². The van der Waals surface area contributed by atoms with Gasteiger partial charge in [-0.25, -0.2) is 4.85 Å². The highest BCUT2D eigenvalue weighted by Crippen LogP contribution is 2.27. The molecule has 2 atom stereocenters. The number of ether oxygens (including phenoxy) is 2. The lowest BCUT2D eigenvalue weighted by molar-refractivity contribution is -0.145. The van der Waals surface area contributed by atoms with Crippen molar-refractivity contribution in [2.75, 3.05) is 24.7 Å². The minimum absolute atomic E-state index is 0.0745. The summed E-state index contributed by atoms with van der Waals surface area (Å²) in [5.74, 6) is 2.34. The van der Waals surface area contributed by atoms with Crippen molar-refractivity contribution in [3.8, 4) is 11.1 Å². The summed E-state index contributed by atoms with van der Waals surface area (Å²) >= 11 is 6.77. The number of thioether (sulfide) groups is 2. The number of esters is 2. The van der Waals surface area contributed by atoms with Crippen molar-refractivity contribution in [3.63, 3.8) is 0 Å². The van der Waals surface area contributed by atoms with Gasteiger partial charge < -0.3 is 9.47 Å². The van der Waals surface area contributed by atoms with Gasteiger partial charge in [0, 0.05) is 25.8 Å². The van der Waals surface area contributed by atoms with Crippen molar-refractivity contribution in [2.45, 2.75) is 102 Å². The summed E-state index contributed by atoms with van der Waals surface area (Å²) in [6.07, 6.45) is 10.2. The van der Waals surface area contributed by atoms with E-state index in [4.69, 9.17) is 16.0 Å². The number of hydrogen-bond acceptors (Lipinski definition) is 6. The Morgan fingerprint density at radius 3 is 1.47 bits per heavy atom. The van der Waals surface area contributed by atoms with Crippen LogP contribution in [0.2, 0.25) is 0 Å². The van der Waals surface area contributed by atoms with Crippen LogP contribution in [0.4, 0.5) is 5.69 Å². The highest BCUT2D eigenvalue weighted by molar-refractivity contribution is 9.10. The Balaban J connectivity index is 0.000000355. The van der Waals surface area contributed by atoms with E-state index < -0.39 is 0 Å². The van der Waals surface area contributed by atoms with Crippen LogP contribution in [0.5, 0.6) is 0 Å². The van der Waals surface area contributed by atoms with Crippen LogP contribution in [0.1, 0.15) is 91.9 Å². The second-order valence-electron chi connectivity index (χ2n) is 12.0. The Bertz CT molecular complexity index is 1370. The maximum Gasteiger partial charge on any atom is 0.306 e. The predicted octanol–water partition coefficient (Wildman–Crippen LogP) is 12.8. The van der Waals surface area contributed by atoms with Crippen molar-refractivity contribution in [2.24, 2.45) is 11.8 Å². The summed E-state index contributed by atoms with van der Waals surface area (Å²) in [4.78, 5) is 29.4. The molecule has 0 radical (unpaired) electrons. The van der Waals surface area contributed by atoms with E-state index in [-0.39, 0.29) is 11.9 Å². The Morgan fingerprint density at radius 1 is 0.673 bits per heavy atom. The lowest BCUT2D eigenvalue weighted by Gasteiger charge is -2.14. The molecule has 0 aliphatic rings. The first-order valence-electron chi connectivity index (χ1n) is 17.7. The molecular formula is C41H54BrNO4S2. The zero-order valence-electron chi connectivity index (χ0n) is 29.8. The van der Waals surface area contributed by atoms with Crippen LogP contribution in [0.25, 0.3) is 16.0 Å². The number of carbonyl (C=O) groups is 2. The predicted molar refractivity (Wildman–Crippen MR) is 211 cm³/mol.